The van der Waals surface area contributed by atoms with Crippen molar-refractivity contribution in [3.8, 4) is 5.75 Å². The summed E-state index contributed by atoms with van der Waals surface area (Å²) in [6.07, 6.45) is 0. The lowest BCUT2D eigenvalue weighted by molar-refractivity contribution is -0.0798. The summed E-state index contributed by atoms with van der Waals surface area (Å²) >= 11 is 0. The minimum atomic E-state index is -0.885. The number of hydrogen-bond acceptors (Lipinski definition) is 3. The van der Waals surface area contributed by atoms with Crippen LogP contribution >= 0.6 is 0 Å². The van der Waals surface area contributed by atoms with Crippen LogP contribution in [0.2, 0.25) is 0 Å². The van der Waals surface area contributed by atoms with Gasteiger partial charge in [-0.25, -0.2) is 4.79 Å². The summed E-state index contributed by atoms with van der Waals surface area (Å²) in [5, 5.41) is 12.2. The van der Waals surface area contributed by atoms with Crippen molar-refractivity contribution in [3.05, 3.63) is 42.0 Å². The number of ether oxygens (including phenoxy) is 1. The Morgan fingerprint density at radius 2 is 2.11 bits per heavy atom. The van der Waals surface area contributed by atoms with E-state index in [1.54, 1.807) is 0 Å². The molecule has 0 spiro atoms. The average Bonchev–Trinajstić information content (AvgIpc) is 2.81. The highest BCUT2D eigenvalue weighted by Gasteiger charge is 2.32. The van der Waals surface area contributed by atoms with E-state index in [2.05, 4.69) is 0 Å². The molecule has 0 aliphatic carbocycles. The molecule has 1 atom stereocenters. The standard InChI is InChI=1S/C13H12N2O3/c14-13(16)15(17)11-7-18-12-9-4-2-1-3-8(9)5-6-10(11)12/h1-6,11,17H,7H2,(H2,14,16)/t11-/m1/s1. The van der Waals surface area contributed by atoms with Crippen molar-refractivity contribution in [3.63, 3.8) is 0 Å². The van der Waals surface area contributed by atoms with Crippen molar-refractivity contribution < 1.29 is 14.7 Å². The highest BCUT2D eigenvalue weighted by atomic mass is 16.5. The van der Waals surface area contributed by atoms with E-state index in [0.29, 0.717) is 10.8 Å². The van der Waals surface area contributed by atoms with Crippen LogP contribution in [0.1, 0.15) is 11.6 Å². The predicted octanol–water partition coefficient (Wildman–Crippen LogP) is 2.04. The molecule has 0 unspecified atom stereocenters. The molecule has 5 nitrogen and oxygen atoms in total. The molecule has 1 aliphatic heterocycles. The fourth-order valence-electron chi connectivity index (χ4n) is 2.29. The maximum absolute atomic E-state index is 11.0. The Bertz CT molecular complexity index is 627. The van der Waals surface area contributed by atoms with E-state index >= 15 is 0 Å². The zero-order valence-electron chi connectivity index (χ0n) is 9.54. The maximum atomic E-state index is 11.0. The second kappa shape index (κ2) is 3.89. The van der Waals surface area contributed by atoms with Gasteiger partial charge in [0.2, 0.25) is 0 Å². The quantitative estimate of drug-likeness (QED) is 0.595. The van der Waals surface area contributed by atoms with Crippen molar-refractivity contribution in [2.24, 2.45) is 5.73 Å². The lowest BCUT2D eigenvalue weighted by atomic mass is 10.0. The molecule has 0 saturated carbocycles. The summed E-state index contributed by atoms with van der Waals surface area (Å²) in [6, 6.07) is 10.2. The van der Waals surface area contributed by atoms with Crippen molar-refractivity contribution >= 4 is 16.8 Å². The third-order valence-corrected chi connectivity index (χ3v) is 3.18. The lowest BCUT2D eigenvalue weighted by Crippen LogP contribution is -2.36. The second-order valence-electron chi connectivity index (χ2n) is 4.21. The number of benzene rings is 2. The first-order chi connectivity index (χ1) is 8.68. The van der Waals surface area contributed by atoms with E-state index in [9.17, 15) is 10.0 Å². The first-order valence-electron chi connectivity index (χ1n) is 5.60. The molecule has 1 aliphatic rings. The molecule has 2 amide bonds. The van der Waals surface area contributed by atoms with Gasteiger partial charge in [0.25, 0.3) is 0 Å². The molecular weight excluding hydrogens is 232 g/mol. The van der Waals surface area contributed by atoms with Gasteiger partial charge in [-0.05, 0) is 5.39 Å². The van der Waals surface area contributed by atoms with Gasteiger partial charge in [0.05, 0.1) is 0 Å². The number of primary amides is 1. The summed E-state index contributed by atoms with van der Waals surface area (Å²) in [5.74, 6) is 0.707. The first kappa shape index (κ1) is 10.9. The van der Waals surface area contributed by atoms with Gasteiger partial charge in [0.15, 0.2) is 0 Å². The third kappa shape index (κ3) is 1.48. The highest BCUT2D eigenvalue weighted by molar-refractivity contribution is 5.90. The molecule has 0 bridgehead atoms. The fourth-order valence-corrected chi connectivity index (χ4v) is 2.29. The molecule has 2 aromatic rings. The largest absolute Gasteiger partial charge is 0.490 e. The number of fused-ring (bicyclic) bond motifs is 3. The van der Waals surface area contributed by atoms with Crippen molar-refractivity contribution in [2.75, 3.05) is 6.61 Å². The van der Waals surface area contributed by atoms with Gasteiger partial charge in [0.1, 0.15) is 18.4 Å². The summed E-state index contributed by atoms with van der Waals surface area (Å²) in [6.45, 7) is 0.211. The normalized spacial score (nSPS) is 17.3. The Balaban J connectivity index is 2.13. The molecule has 0 saturated heterocycles. The van der Waals surface area contributed by atoms with Gasteiger partial charge >= 0.3 is 6.03 Å². The number of hydrogen-bond donors (Lipinski definition) is 2. The minimum absolute atomic E-state index is 0.211. The Morgan fingerprint density at radius 1 is 1.33 bits per heavy atom. The lowest BCUT2D eigenvalue weighted by Gasteiger charge is -2.18. The number of rotatable bonds is 1. The van der Waals surface area contributed by atoms with E-state index in [0.717, 1.165) is 16.3 Å². The topological polar surface area (TPSA) is 75.8 Å². The number of nitrogens with two attached hydrogens (primary N) is 1. The Kier molecular flexibility index (Phi) is 2.34. The molecular formula is C13H12N2O3. The molecule has 0 fully saturated rings. The molecule has 92 valence electrons. The van der Waals surface area contributed by atoms with Crippen molar-refractivity contribution in [2.45, 2.75) is 6.04 Å². The summed E-state index contributed by atoms with van der Waals surface area (Å²) in [5.41, 5.74) is 5.84. The van der Waals surface area contributed by atoms with Crippen LogP contribution in [-0.2, 0) is 0 Å². The van der Waals surface area contributed by atoms with Crippen LogP contribution in [0, 0.1) is 0 Å². The fraction of sp³-hybridized carbons (Fsp3) is 0.154. The van der Waals surface area contributed by atoms with E-state index < -0.39 is 12.1 Å². The predicted molar refractivity (Wildman–Crippen MR) is 65.4 cm³/mol. The van der Waals surface area contributed by atoms with Crippen LogP contribution in [0.25, 0.3) is 10.8 Å². The first-order valence-corrected chi connectivity index (χ1v) is 5.60. The number of carbonyl (C=O) groups is 1. The third-order valence-electron chi connectivity index (χ3n) is 3.18. The van der Waals surface area contributed by atoms with Crippen molar-refractivity contribution in [1.82, 2.24) is 5.06 Å². The number of carbonyl (C=O) groups excluding carboxylic acids is 1. The molecule has 0 radical (unpaired) electrons. The number of amides is 2. The van der Waals surface area contributed by atoms with E-state index in [1.165, 1.54) is 0 Å². The molecule has 5 heteroatoms. The maximum Gasteiger partial charge on any atom is 0.339 e. The van der Waals surface area contributed by atoms with Crippen LogP contribution < -0.4 is 10.5 Å². The van der Waals surface area contributed by atoms with Gasteiger partial charge in [-0.15, -0.1) is 0 Å². The zero-order valence-corrected chi connectivity index (χ0v) is 9.54. The molecule has 3 rings (SSSR count). The Hall–Kier alpha value is -2.27. The van der Waals surface area contributed by atoms with Crippen LogP contribution in [-0.4, -0.2) is 22.9 Å². The van der Waals surface area contributed by atoms with Crippen molar-refractivity contribution in [1.29, 1.82) is 0 Å². The van der Waals surface area contributed by atoms with Crippen LogP contribution in [0.5, 0.6) is 5.75 Å². The average molecular weight is 244 g/mol. The summed E-state index contributed by atoms with van der Waals surface area (Å²) < 4.78 is 5.59. The highest BCUT2D eigenvalue weighted by Crippen LogP contribution is 2.40. The summed E-state index contributed by atoms with van der Waals surface area (Å²) in [4.78, 5) is 11.0. The van der Waals surface area contributed by atoms with Gasteiger partial charge in [-0.3, -0.25) is 5.21 Å². The molecule has 2 aromatic carbocycles. The monoisotopic (exact) mass is 244 g/mol. The second-order valence-corrected chi connectivity index (χ2v) is 4.21. The number of hydroxylamine groups is 2. The Morgan fingerprint density at radius 3 is 2.89 bits per heavy atom. The van der Waals surface area contributed by atoms with E-state index in [-0.39, 0.29) is 6.61 Å². The minimum Gasteiger partial charge on any atom is -0.490 e. The SMILES string of the molecule is NC(=O)N(O)[C@@H]1COc2c1ccc1ccccc21. The van der Waals surface area contributed by atoms with Gasteiger partial charge in [0, 0.05) is 10.9 Å². The molecule has 3 N–H and O–H groups in total. The Labute approximate surface area is 103 Å². The smallest absolute Gasteiger partial charge is 0.339 e. The van der Waals surface area contributed by atoms with Crippen LogP contribution in [0.3, 0.4) is 0 Å². The van der Waals surface area contributed by atoms with E-state index in [1.807, 2.05) is 36.4 Å². The van der Waals surface area contributed by atoms with Crippen LogP contribution in [0.15, 0.2) is 36.4 Å². The number of urea groups is 1. The van der Waals surface area contributed by atoms with Gasteiger partial charge in [-0.2, -0.15) is 5.06 Å². The molecule has 0 aromatic heterocycles. The number of nitrogens with zero attached hydrogens (tertiary/aromatic N) is 1. The van der Waals surface area contributed by atoms with Gasteiger partial charge < -0.3 is 10.5 Å². The van der Waals surface area contributed by atoms with Crippen LogP contribution in [0.4, 0.5) is 4.79 Å². The molecule has 18 heavy (non-hydrogen) atoms. The van der Waals surface area contributed by atoms with E-state index in [4.69, 9.17) is 10.5 Å². The zero-order chi connectivity index (χ0) is 12.7. The molecule has 1 heterocycles. The van der Waals surface area contributed by atoms with Gasteiger partial charge in [-0.1, -0.05) is 36.4 Å². The summed E-state index contributed by atoms with van der Waals surface area (Å²) in [7, 11) is 0.